The largest absolute Gasteiger partial charge is 0.394 e. The minimum absolute atomic E-state index is 0.206. The molecule has 2 amide bonds. The number of hydrogen-bond donors (Lipinski definition) is 3. The second kappa shape index (κ2) is 6.88. The number of carbonyl (C=O) groups excluding carboxylic acids is 1. The van der Waals surface area contributed by atoms with Crippen molar-refractivity contribution in [2.45, 2.75) is 6.04 Å². The number of aromatic nitrogens is 1. The first-order chi connectivity index (χ1) is 9.69. The normalized spacial score (nSPS) is 11.7. The van der Waals surface area contributed by atoms with Gasteiger partial charge in [0.2, 0.25) is 0 Å². The molecule has 2 aromatic rings. The van der Waals surface area contributed by atoms with Crippen molar-refractivity contribution in [3.8, 4) is 0 Å². The molecular weight excluding hydrogens is 278 g/mol. The lowest BCUT2D eigenvalue weighted by Crippen LogP contribution is -2.34. The number of anilines is 1. The molecule has 104 valence electrons. The zero-order valence-electron chi connectivity index (χ0n) is 10.6. The number of aliphatic hydroxyl groups is 1. The first kappa shape index (κ1) is 14.3. The van der Waals surface area contributed by atoms with Gasteiger partial charge in [0.05, 0.1) is 24.5 Å². The summed E-state index contributed by atoms with van der Waals surface area (Å²) in [6.07, 6.45) is 3.16. The number of aliphatic hydroxyl groups excluding tert-OH is 1. The number of carbonyl (C=O) groups is 1. The van der Waals surface area contributed by atoms with Gasteiger partial charge < -0.3 is 15.7 Å². The van der Waals surface area contributed by atoms with Crippen LogP contribution >= 0.6 is 11.6 Å². The standard InChI is InChI=1S/C14H14ClN3O2/c15-11-5-3-10(4-6-11)13(9-19)18-14(20)17-12-2-1-7-16-8-12/h1-8,13,19H,9H2,(H2,17,18,20). The van der Waals surface area contributed by atoms with Gasteiger partial charge in [0.15, 0.2) is 0 Å². The number of urea groups is 1. The maximum Gasteiger partial charge on any atom is 0.319 e. The molecule has 1 aromatic carbocycles. The van der Waals surface area contributed by atoms with Gasteiger partial charge in [-0.2, -0.15) is 0 Å². The van der Waals surface area contributed by atoms with Crippen LogP contribution in [0.2, 0.25) is 5.02 Å². The maximum absolute atomic E-state index is 11.8. The first-order valence-electron chi connectivity index (χ1n) is 6.03. The van der Waals surface area contributed by atoms with E-state index in [1.807, 2.05) is 0 Å². The van der Waals surface area contributed by atoms with E-state index in [9.17, 15) is 9.90 Å². The minimum Gasteiger partial charge on any atom is -0.394 e. The molecule has 2 rings (SSSR count). The molecule has 0 aliphatic carbocycles. The fourth-order valence-electron chi connectivity index (χ4n) is 1.69. The Morgan fingerprint density at radius 3 is 2.65 bits per heavy atom. The SMILES string of the molecule is O=C(Nc1cccnc1)NC(CO)c1ccc(Cl)cc1. The molecule has 3 N–H and O–H groups in total. The Balaban J connectivity index is 1.99. The molecule has 1 aromatic heterocycles. The zero-order valence-corrected chi connectivity index (χ0v) is 11.3. The predicted octanol–water partition coefficient (Wildman–Crippen LogP) is 2.59. The van der Waals surface area contributed by atoms with Crippen LogP contribution in [0.4, 0.5) is 10.5 Å². The summed E-state index contributed by atoms with van der Waals surface area (Å²) in [5, 5.41) is 15.3. The highest BCUT2D eigenvalue weighted by molar-refractivity contribution is 6.30. The maximum atomic E-state index is 11.8. The summed E-state index contributed by atoms with van der Waals surface area (Å²) in [7, 11) is 0. The lowest BCUT2D eigenvalue weighted by molar-refractivity contribution is 0.225. The lowest BCUT2D eigenvalue weighted by atomic mass is 10.1. The Kier molecular flexibility index (Phi) is 4.92. The van der Waals surface area contributed by atoms with E-state index in [-0.39, 0.29) is 6.61 Å². The third kappa shape index (κ3) is 3.94. The number of rotatable bonds is 4. The highest BCUT2D eigenvalue weighted by Crippen LogP contribution is 2.16. The van der Waals surface area contributed by atoms with E-state index in [0.717, 1.165) is 5.56 Å². The molecule has 0 aliphatic rings. The Labute approximate surface area is 121 Å². The van der Waals surface area contributed by atoms with E-state index >= 15 is 0 Å². The van der Waals surface area contributed by atoms with Crippen molar-refractivity contribution < 1.29 is 9.90 Å². The van der Waals surface area contributed by atoms with Crippen LogP contribution in [0.25, 0.3) is 0 Å². The van der Waals surface area contributed by atoms with Crippen molar-refractivity contribution in [2.24, 2.45) is 0 Å². The van der Waals surface area contributed by atoms with Gasteiger partial charge in [-0.15, -0.1) is 0 Å². The van der Waals surface area contributed by atoms with Crippen LogP contribution in [0.15, 0.2) is 48.8 Å². The number of hydrogen-bond acceptors (Lipinski definition) is 3. The van der Waals surface area contributed by atoms with E-state index in [0.29, 0.717) is 10.7 Å². The highest BCUT2D eigenvalue weighted by atomic mass is 35.5. The van der Waals surface area contributed by atoms with Gasteiger partial charge in [0.25, 0.3) is 0 Å². The molecule has 1 heterocycles. The molecule has 0 bridgehead atoms. The summed E-state index contributed by atoms with van der Waals surface area (Å²) in [5.74, 6) is 0. The Hall–Kier alpha value is -2.11. The molecular formula is C14H14ClN3O2. The molecule has 0 radical (unpaired) electrons. The molecule has 0 saturated carbocycles. The average molecular weight is 292 g/mol. The molecule has 20 heavy (non-hydrogen) atoms. The molecule has 1 unspecified atom stereocenters. The minimum atomic E-state index is -0.496. The van der Waals surface area contributed by atoms with E-state index < -0.39 is 12.1 Å². The Morgan fingerprint density at radius 1 is 1.30 bits per heavy atom. The lowest BCUT2D eigenvalue weighted by Gasteiger charge is -2.17. The van der Waals surface area contributed by atoms with Crippen LogP contribution in [0.1, 0.15) is 11.6 Å². The van der Waals surface area contributed by atoms with Crippen molar-refractivity contribution >= 4 is 23.3 Å². The summed E-state index contributed by atoms with van der Waals surface area (Å²) < 4.78 is 0. The molecule has 0 spiro atoms. The summed E-state index contributed by atoms with van der Waals surface area (Å²) in [6.45, 7) is -0.206. The number of nitrogens with zero attached hydrogens (tertiary/aromatic N) is 1. The molecule has 0 aliphatic heterocycles. The Bertz CT molecular complexity index is 560. The summed E-state index contributed by atoms with van der Waals surface area (Å²) in [5.41, 5.74) is 1.36. The monoisotopic (exact) mass is 291 g/mol. The topological polar surface area (TPSA) is 74.2 Å². The average Bonchev–Trinajstić information content (AvgIpc) is 2.47. The van der Waals surface area contributed by atoms with Crippen molar-refractivity contribution in [3.63, 3.8) is 0 Å². The number of benzene rings is 1. The van der Waals surface area contributed by atoms with Gasteiger partial charge in [0.1, 0.15) is 0 Å². The summed E-state index contributed by atoms with van der Waals surface area (Å²) in [6, 6.07) is 9.47. The van der Waals surface area contributed by atoms with Crippen LogP contribution in [0, 0.1) is 0 Å². The first-order valence-corrected chi connectivity index (χ1v) is 6.40. The second-order valence-corrected chi connectivity index (χ2v) is 4.56. The van der Waals surface area contributed by atoms with Gasteiger partial charge in [-0.25, -0.2) is 4.79 Å². The van der Waals surface area contributed by atoms with Crippen LogP contribution < -0.4 is 10.6 Å². The molecule has 0 fully saturated rings. The molecule has 5 nitrogen and oxygen atoms in total. The van der Waals surface area contributed by atoms with Gasteiger partial charge in [-0.05, 0) is 29.8 Å². The van der Waals surface area contributed by atoms with Gasteiger partial charge in [0, 0.05) is 11.2 Å². The molecule has 6 heteroatoms. The van der Waals surface area contributed by atoms with Crippen LogP contribution in [-0.4, -0.2) is 22.7 Å². The summed E-state index contributed by atoms with van der Waals surface area (Å²) in [4.78, 5) is 15.7. The fourth-order valence-corrected chi connectivity index (χ4v) is 1.82. The smallest absolute Gasteiger partial charge is 0.319 e. The van der Waals surface area contributed by atoms with Crippen LogP contribution in [-0.2, 0) is 0 Å². The van der Waals surface area contributed by atoms with Crippen molar-refractivity contribution in [1.29, 1.82) is 0 Å². The fraction of sp³-hybridized carbons (Fsp3) is 0.143. The van der Waals surface area contributed by atoms with Crippen molar-refractivity contribution in [1.82, 2.24) is 10.3 Å². The third-order valence-electron chi connectivity index (χ3n) is 2.68. The number of halogens is 1. The van der Waals surface area contributed by atoms with E-state index in [1.54, 1.807) is 42.6 Å². The highest BCUT2D eigenvalue weighted by Gasteiger charge is 2.13. The van der Waals surface area contributed by atoms with Crippen LogP contribution in [0.3, 0.4) is 0 Å². The van der Waals surface area contributed by atoms with E-state index in [1.165, 1.54) is 6.20 Å². The van der Waals surface area contributed by atoms with Crippen molar-refractivity contribution in [3.05, 3.63) is 59.4 Å². The quantitative estimate of drug-likeness (QED) is 0.810. The summed E-state index contributed by atoms with van der Waals surface area (Å²) >= 11 is 5.80. The number of amides is 2. The zero-order chi connectivity index (χ0) is 14.4. The van der Waals surface area contributed by atoms with Crippen molar-refractivity contribution in [2.75, 3.05) is 11.9 Å². The predicted molar refractivity (Wildman–Crippen MR) is 77.7 cm³/mol. The van der Waals surface area contributed by atoms with E-state index in [4.69, 9.17) is 11.6 Å². The van der Waals surface area contributed by atoms with Crippen LogP contribution in [0.5, 0.6) is 0 Å². The van der Waals surface area contributed by atoms with E-state index in [2.05, 4.69) is 15.6 Å². The van der Waals surface area contributed by atoms with Gasteiger partial charge in [-0.3, -0.25) is 4.98 Å². The Morgan fingerprint density at radius 2 is 2.05 bits per heavy atom. The third-order valence-corrected chi connectivity index (χ3v) is 2.93. The van der Waals surface area contributed by atoms with Gasteiger partial charge >= 0.3 is 6.03 Å². The second-order valence-electron chi connectivity index (χ2n) is 4.13. The number of nitrogens with one attached hydrogen (secondary N) is 2. The molecule has 1 atom stereocenters. The number of pyridine rings is 1. The molecule has 0 saturated heterocycles. The van der Waals surface area contributed by atoms with Gasteiger partial charge in [-0.1, -0.05) is 23.7 Å².